The second-order valence-electron chi connectivity index (χ2n) is 3.60. The Hall–Kier alpha value is -0.0800. The zero-order chi connectivity index (χ0) is 7.14. The average Bonchev–Trinajstić information content (AvgIpc) is 2.22. The molecule has 2 heteroatoms. The molecule has 0 amide bonds. The van der Waals surface area contributed by atoms with E-state index in [1.807, 2.05) is 0 Å². The molecule has 0 aromatic rings. The minimum atomic E-state index is 0.789. The Morgan fingerprint density at radius 1 is 1.30 bits per heavy atom. The standard InChI is InChI=1S/C8H16N2/c1-6-8-4-3-5-9-10(6)7(8)2/h6-9H,3-5H2,1-2H3. The molecule has 0 aromatic carbocycles. The molecule has 0 aromatic heterocycles. The number of hydrogen-bond donors (Lipinski definition) is 1. The monoisotopic (exact) mass is 140 g/mol. The molecule has 1 N–H and O–H groups in total. The van der Waals surface area contributed by atoms with Gasteiger partial charge in [0.15, 0.2) is 0 Å². The van der Waals surface area contributed by atoms with Crippen molar-refractivity contribution in [3.8, 4) is 0 Å². The van der Waals surface area contributed by atoms with Gasteiger partial charge in [-0.3, -0.25) is 5.43 Å². The van der Waals surface area contributed by atoms with E-state index >= 15 is 0 Å². The van der Waals surface area contributed by atoms with Crippen LogP contribution in [0.1, 0.15) is 26.7 Å². The Balaban J connectivity index is 2.08. The lowest BCUT2D eigenvalue weighted by molar-refractivity contribution is -0.0640. The van der Waals surface area contributed by atoms with E-state index in [1.54, 1.807) is 0 Å². The van der Waals surface area contributed by atoms with Crippen molar-refractivity contribution in [2.75, 3.05) is 6.54 Å². The van der Waals surface area contributed by atoms with Crippen LogP contribution in [-0.2, 0) is 0 Å². The van der Waals surface area contributed by atoms with Crippen LogP contribution in [0.2, 0.25) is 0 Å². The van der Waals surface area contributed by atoms with E-state index in [0.717, 1.165) is 18.0 Å². The number of rotatable bonds is 0. The Kier molecular flexibility index (Phi) is 1.46. The molecule has 3 aliphatic rings. The third-order valence-electron chi connectivity index (χ3n) is 3.13. The van der Waals surface area contributed by atoms with Gasteiger partial charge in [-0.1, -0.05) is 0 Å². The summed E-state index contributed by atoms with van der Waals surface area (Å²) in [4.78, 5) is 0. The molecular formula is C8H16N2. The highest BCUT2D eigenvalue weighted by molar-refractivity contribution is 4.95. The Morgan fingerprint density at radius 2 is 2.00 bits per heavy atom. The molecule has 0 aliphatic carbocycles. The largest absolute Gasteiger partial charge is 0.255 e. The van der Waals surface area contributed by atoms with Gasteiger partial charge in [-0.15, -0.1) is 0 Å². The summed E-state index contributed by atoms with van der Waals surface area (Å²) in [6.07, 6.45) is 2.78. The number of hydrazine groups is 1. The van der Waals surface area contributed by atoms with Crippen molar-refractivity contribution < 1.29 is 0 Å². The Morgan fingerprint density at radius 3 is 2.70 bits per heavy atom. The third kappa shape index (κ3) is 0.722. The van der Waals surface area contributed by atoms with Crippen LogP contribution in [0.4, 0.5) is 0 Å². The average molecular weight is 140 g/mol. The fraction of sp³-hybridized carbons (Fsp3) is 1.00. The summed E-state index contributed by atoms with van der Waals surface area (Å²) in [6, 6.07) is 1.58. The molecule has 10 heavy (non-hydrogen) atoms. The highest BCUT2D eigenvalue weighted by Gasteiger charge is 2.43. The van der Waals surface area contributed by atoms with E-state index in [1.165, 1.54) is 19.4 Å². The van der Waals surface area contributed by atoms with Crippen molar-refractivity contribution in [2.24, 2.45) is 5.92 Å². The lowest BCUT2D eigenvalue weighted by atomic mass is 9.81. The van der Waals surface area contributed by atoms with Crippen molar-refractivity contribution in [3.05, 3.63) is 0 Å². The van der Waals surface area contributed by atoms with Crippen molar-refractivity contribution >= 4 is 0 Å². The minimum absolute atomic E-state index is 0.789. The quantitative estimate of drug-likeness (QED) is 0.540. The highest BCUT2D eigenvalue weighted by Crippen LogP contribution is 2.35. The zero-order valence-electron chi connectivity index (χ0n) is 6.80. The smallest absolute Gasteiger partial charge is 0.0262 e. The maximum atomic E-state index is 3.44. The molecule has 3 fully saturated rings. The maximum Gasteiger partial charge on any atom is 0.0262 e. The SMILES string of the molecule is CC1C2CCCNN1C2C. The van der Waals surface area contributed by atoms with Crippen LogP contribution in [0.15, 0.2) is 0 Å². The molecule has 3 heterocycles. The summed E-state index contributed by atoms with van der Waals surface area (Å²) >= 11 is 0. The van der Waals surface area contributed by atoms with Crippen molar-refractivity contribution in [1.82, 2.24) is 10.4 Å². The molecule has 2 nitrogen and oxygen atoms in total. The summed E-state index contributed by atoms with van der Waals surface area (Å²) in [5, 5.41) is 2.40. The predicted molar refractivity (Wildman–Crippen MR) is 41.5 cm³/mol. The van der Waals surface area contributed by atoms with E-state index in [9.17, 15) is 0 Å². The molecule has 0 spiro atoms. The number of nitrogens with zero attached hydrogens (tertiary/aromatic N) is 1. The van der Waals surface area contributed by atoms with Crippen molar-refractivity contribution in [1.29, 1.82) is 0 Å². The van der Waals surface area contributed by atoms with Crippen LogP contribution in [0, 0.1) is 5.92 Å². The second kappa shape index (κ2) is 2.21. The van der Waals surface area contributed by atoms with Crippen LogP contribution in [0.3, 0.4) is 0 Å². The van der Waals surface area contributed by atoms with Gasteiger partial charge in [0.25, 0.3) is 0 Å². The van der Waals surface area contributed by atoms with Gasteiger partial charge in [0.1, 0.15) is 0 Å². The van der Waals surface area contributed by atoms with Crippen LogP contribution >= 0.6 is 0 Å². The Labute approximate surface area is 62.6 Å². The van der Waals surface area contributed by atoms with Gasteiger partial charge in [-0.2, -0.15) is 0 Å². The van der Waals surface area contributed by atoms with Crippen LogP contribution in [-0.4, -0.2) is 23.6 Å². The maximum absolute atomic E-state index is 3.44. The lowest BCUT2D eigenvalue weighted by Crippen LogP contribution is -2.64. The van der Waals surface area contributed by atoms with E-state index in [4.69, 9.17) is 0 Å². The molecule has 3 rings (SSSR count). The normalized spacial score (nSPS) is 53.4. The molecule has 2 bridgehead atoms. The zero-order valence-corrected chi connectivity index (χ0v) is 6.80. The first-order chi connectivity index (χ1) is 4.80. The molecular weight excluding hydrogens is 124 g/mol. The second-order valence-corrected chi connectivity index (χ2v) is 3.60. The van der Waals surface area contributed by atoms with Gasteiger partial charge in [-0.25, -0.2) is 5.01 Å². The van der Waals surface area contributed by atoms with Gasteiger partial charge in [0, 0.05) is 18.6 Å². The molecule has 2 atom stereocenters. The summed E-state index contributed by atoms with van der Waals surface area (Å²) in [6.45, 7) is 5.83. The van der Waals surface area contributed by atoms with Crippen LogP contribution in [0.5, 0.6) is 0 Å². The topological polar surface area (TPSA) is 15.3 Å². The first-order valence-corrected chi connectivity index (χ1v) is 4.32. The van der Waals surface area contributed by atoms with Crippen LogP contribution < -0.4 is 5.43 Å². The molecule has 0 saturated carbocycles. The minimum Gasteiger partial charge on any atom is -0.255 e. The highest BCUT2D eigenvalue weighted by atomic mass is 15.6. The fourth-order valence-corrected chi connectivity index (χ4v) is 2.40. The third-order valence-corrected chi connectivity index (χ3v) is 3.13. The van der Waals surface area contributed by atoms with E-state index in [2.05, 4.69) is 24.3 Å². The predicted octanol–water partition coefficient (Wildman–Crippen LogP) is 0.994. The first kappa shape index (κ1) is 6.62. The van der Waals surface area contributed by atoms with E-state index in [0.29, 0.717) is 0 Å². The molecule has 3 aliphatic heterocycles. The van der Waals surface area contributed by atoms with Gasteiger partial charge < -0.3 is 0 Å². The van der Waals surface area contributed by atoms with Crippen molar-refractivity contribution in [2.45, 2.75) is 38.8 Å². The van der Waals surface area contributed by atoms with E-state index < -0.39 is 0 Å². The van der Waals surface area contributed by atoms with Crippen LogP contribution in [0.25, 0.3) is 0 Å². The first-order valence-electron chi connectivity index (χ1n) is 4.32. The number of fused-ring (bicyclic) bond motifs is 3. The Bertz CT molecular complexity index is 111. The summed E-state index contributed by atoms with van der Waals surface area (Å²) < 4.78 is 0. The molecule has 3 saturated heterocycles. The summed E-state index contributed by atoms with van der Waals surface area (Å²) in [5.41, 5.74) is 3.44. The lowest BCUT2D eigenvalue weighted by Gasteiger charge is -2.50. The van der Waals surface area contributed by atoms with Gasteiger partial charge in [0.05, 0.1) is 0 Å². The molecule has 0 radical (unpaired) electrons. The number of nitrogens with one attached hydrogen (secondary N) is 1. The van der Waals surface area contributed by atoms with Gasteiger partial charge in [-0.05, 0) is 32.6 Å². The van der Waals surface area contributed by atoms with Gasteiger partial charge >= 0.3 is 0 Å². The number of hydrogen-bond acceptors (Lipinski definition) is 2. The van der Waals surface area contributed by atoms with Crippen molar-refractivity contribution in [3.63, 3.8) is 0 Å². The summed E-state index contributed by atoms with van der Waals surface area (Å²) in [5.74, 6) is 0.968. The van der Waals surface area contributed by atoms with Gasteiger partial charge in [0.2, 0.25) is 0 Å². The molecule has 2 unspecified atom stereocenters. The fourth-order valence-electron chi connectivity index (χ4n) is 2.40. The van der Waals surface area contributed by atoms with E-state index in [-0.39, 0.29) is 0 Å². The summed E-state index contributed by atoms with van der Waals surface area (Å²) in [7, 11) is 0. The molecule has 58 valence electrons.